The fourth-order valence-corrected chi connectivity index (χ4v) is 4.87. The second-order valence-corrected chi connectivity index (χ2v) is 8.48. The van der Waals surface area contributed by atoms with Gasteiger partial charge in [-0.05, 0) is 31.0 Å². The number of aryl methyl sites for hydroxylation is 1. The van der Waals surface area contributed by atoms with E-state index in [-0.39, 0.29) is 18.3 Å². The van der Waals surface area contributed by atoms with Crippen LogP contribution in [0.15, 0.2) is 54.6 Å². The number of aromatic nitrogens is 2. The number of nitrogens with zero attached hydrogens (tertiary/aromatic N) is 2. The van der Waals surface area contributed by atoms with E-state index in [1.165, 1.54) is 17.4 Å². The predicted octanol–water partition coefficient (Wildman–Crippen LogP) is 5.28. The van der Waals surface area contributed by atoms with E-state index in [1.807, 2.05) is 42.5 Å². The Morgan fingerprint density at radius 2 is 2.00 bits per heavy atom. The number of ether oxygens (including phenoxy) is 1. The van der Waals surface area contributed by atoms with Crippen LogP contribution < -0.4 is 0 Å². The third kappa shape index (κ3) is 4.52. The molecule has 0 aliphatic carbocycles. The number of carbonyl (C=O) groups excluding carboxylic acids is 1. The molecule has 0 aliphatic rings. The van der Waals surface area contributed by atoms with Crippen LogP contribution in [0.1, 0.15) is 27.3 Å². The van der Waals surface area contributed by atoms with E-state index in [9.17, 15) is 9.18 Å². The number of fused-ring (bicyclic) bond motifs is 1. The molecule has 0 atom stereocenters. The van der Waals surface area contributed by atoms with Gasteiger partial charge in [-0.1, -0.05) is 36.4 Å². The molecule has 0 saturated carbocycles. The molecule has 0 spiro atoms. The van der Waals surface area contributed by atoms with Gasteiger partial charge in [-0.3, -0.25) is 9.89 Å². The molecule has 0 unspecified atom stereocenters. The molecule has 160 valence electrons. The number of thiophene rings is 1. The summed E-state index contributed by atoms with van der Waals surface area (Å²) < 4.78 is 20.4. The number of hydrogen-bond donors (Lipinski definition) is 1. The lowest BCUT2D eigenvalue weighted by molar-refractivity contribution is 0.0794. The highest BCUT2D eigenvalue weighted by molar-refractivity contribution is 7.21. The zero-order valence-electron chi connectivity index (χ0n) is 17.5. The Morgan fingerprint density at radius 3 is 2.77 bits per heavy atom. The number of hydrogen-bond acceptors (Lipinski definition) is 4. The maximum absolute atomic E-state index is 14.4. The van der Waals surface area contributed by atoms with E-state index in [0.717, 1.165) is 34.5 Å². The van der Waals surface area contributed by atoms with E-state index in [1.54, 1.807) is 25.1 Å². The van der Waals surface area contributed by atoms with Crippen LogP contribution >= 0.6 is 11.3 Å². The number of methoxy groups -OCH3 is 1. The van der Waals surface area contributed by atoms with Crippen LogP contribution in [0.4, 0.5) is 4.39 Å². The molecule has 4 rings (SSSR count). The van der Waals surface area contributed by atoms with Gasteiger partial charge in [-0.15, -0.1) is 11.3 Å². The highest BCUT2D eigenvalue weighted by Crippen LogP contribution is 2.34. The smallest absolute Gasteiger partial charge is 0.264 e. The van der Waals surface area contributed by atoms with Crippen molar-refractivity contribution in [3.8, 4) is 11.3 Å². The lowest BCUT2D eigenvalue weighted by Crippen LogP contribution is -2.28. The predicted molar refractivity (Wildman–Crippen MR) is 122 cm³/mol. The number of aromatic amines is 1. The van der Waals surface area contributed by atoms with E-state index in [0.29, 0.717) is 22.4 Å². The van der Waals surface area contributed by atoms with Gasteiger partial charge < -0.3 is 9.64 Å². The summed E-state index contributed by atoms with van der Waals surface area (Å²) in [5.41, 5.74) is 3.64. The van der Waals surface area contributed by atoms with Gasteiger partial charge in [-0.25, -0.2) is 4.39 Å². The summed E-state index contributed by atoms with van der Waals surface area (Å²) >= 11 is 1.32. The number of amides is 1. The molecule has 0 aliphatic heterocycles. The van der Waals surface area contributed by atoms with Gasteiger partial charge in [0.2, 0.25) is 0 Å². The molecular weight excluding hydrogens is 413 g/mol. The summed E-state index contributed by atoms with van der Waals surface area (Å²) in [6.07, 6.45) is 1.57. The van der Waals surface area contributed by atoms with Crippen LogP contribution in [0.2, 0.25) is 0 Å². The van der Waals surface area contributed by atoms with E-state index < -0.39 is 0 Å². The monoisotopic (exact) mass is 437 g/mol. The maximum atomic E-state index is 14.4. The molecule has 1 N–H and O–H groups in total. The van der Waals surface area contributed by atoms with Crippen molar-refractivity contribution in [1.29, 1.82) is 0 Å². The summed E-state index contributed by atoms with van der Waals surface area (Å²) in [7, 11) is 3.33. The minimum Gasteiger partial charge on any atom is -0.380 e. The highest BCUT2D eigenvalue weighted by Gasteiger charge is 2.23. The van der Waals surface area contributed by atoms with E-state index in [2.05, 4.69) is 10.2 Å². The number of benzene rings is 2. The second-order valence-electron chi connectivity index (χ2n) is 7.43. The number of carbonyl (C=O) groups is 1. The highest BCUT2D eigenvalue weighted by atomic mass is 32.1. The Labute approximate surface area is 184 Å². The molecule has 2 aromatic carbocycles. The number of H-pyrrole nitrogens is 1. The standard InChI is InChI=1S/C24H24FN3O2S/c1-28(13-7-10-17-14-20(27-26-17)16-8-4-3-5-9-16)24(29)23-18(15-30-2)22-19(25)11-6-12-21(22)31-23/h3-6,8-9,11-12,14H,7,10,13,15H2,1-2H3,(H,26,27). The van der Waals surface area contributed by atoms with Gasteiger partial charge in [0, 0.05) is 47.6 Å². The molecule has 0 bridgehead atoms. The van der Waals surface area contributed by atoms with Gasteiger partial charge in [0.15, 0.2) is 0 Å². The van der Waals surface area contributed by atoms with Gasteiger partial charge >= 0.3 is 0 Å². The van der Waals surface area contributed by atoms with Gasteiger partial charge in [0.1, 0.15) is 5.82 Å². The number of nitrogens with one attached hydrogen (secondary N) is 1. The number of rotatable bonds is 8. The van der Waals surface area contributed by atoms with Crippen molar-refractivity contribution in [2.24, 2.45) is 0 Å². The average molecular weight is 438 g/mol. The van der Waals surface area contributed by atoms with Crippen molar-refractivity contribution in [1.82, 2.24) is 15.1 Å². The third-order valence-electron chi connectivity index (χ3n) is 5.23. The molecule has 7 heteroatoms. The van der Waals surface area contributed by atoms with Crippen molar-refractivity contribution in [3.63, 3.8) is 0 Å². The lowest BCUT2D eigenvalue weighted by Gasteiger charge is -2.17. The molecule has 31 heavy (non-hydrogen) atoms. The molecule has 4 aromatic rings. The van der Waals surface area contributed by atoms with Crippen LogP contribution in [0.3, 0.4) is 0 Å². The lowest BCUT2D eigenvalue weighted by atomic mass is 10.1. The fourth-order valence-electron chi connectivity index (χ4n) is 3.65. The van der Waals surface area contributed by atoms with Crippen molar-refractivity contribution >= 4 is 27.3 Å². The van der Waals surface area contributed by atoms with Crippen LogP contribution in [-0.2, 0) is 17.8 Å². The number of halogens is 1. The Balaban J connectivity index is 1.42. The van der Waals surface area contributed by atoms with Gasteiger partial charge in [0.05, 0.1) is 17.2 Å². The molecular formula is C24H24FN3O2S. The van der Waals surface area contributed by atoms with Crippen LogP contribution in [0.5, 0.6) is 0 Å². The first kappa shape index (κ1) is 21.2. The van der Waals surface area contributed by atoms with Crippen molar-refractivity contribution in [2.45, 2.75) is 19.4 Å². The van der Waals surface area contributed by atoms with Crippen molar-refractivity contribution in [3.05, 3.63) is 76.5 Å². The van der Waals surface area contributed by atoms with Gasteiger partial charge in [0.25, 0.3) is 5.91 Å². The minimum absolute atomic E-state index is 0.109. The van der Waals surface area contributed by atoms with E-state index in [4.69, 9.17) is 4.74 Å². The zero-order chi connectivity index (χ0) is 21.8. The fraction of sp³-hybridized carbons (Fsp3) is 0.250. The SMILES string of the molecule is COCc1c(C(=O)N(C)CCCc2cc(-c3ccccc3)n[nH]2)sc2cccc(F)c12. The quantitative estimate of drug-likeness (QED) is 0.408. The van der Waals surface area contributed by atoms with Crippen LogP contribution in [-0.4, -0.2) is 41.7 Å². The molecule has 2 aromatic heterocycles. The minimum atomic E-state index is -0.323. The summed E-state index contributed by atoms with van der Waals surface area (Å²) in [5.74, 6) is -0.432. The summed E-state index contributed by atoms with van der Waals surface area (Å²) in [5, 5.41) is 7.94. The summed E-state index contributed by atoms with van der Waals surface area (Å²) in [4.78, 5) is 15.3. The molecule has 2 heterocycles. The van der Waals surface area contributed by atoms with Gasteiger partial charge in [-0.2, -0.15) is 5.10 Å². The zero-order valence-corrected chi connectivity index (χ0v) is 18.3. The van der Waals surface area contributed by atoms with Crippen molar-refractivity contribution < 1.29 is 13.9 Å². The Hall–Kier alpha value is -3.03. The third-order valence-corrected chi connectivity index (χ3v) is 6.42. The molecule has 1 amide bonds. The second kappa shape index (κ2) is 9.41. The van der Waals surface area contributed by atoms with Crippen molar-refractivity contribution in [2.75, 3.05) is 20.7 Å². The maximum Gasteiger partial charge on any atom is 0.264 e. The van der Waals surface area contributed by atoms with Crippen LogP contribution in [0, 0.1) is 5.82 Å². The first-order valence-corrected chi connectivity index (χ1v) is 10.9. The first-order valence-electron chi connectivity index (χ1n) is 10.1. The first-order chi connectivity index (χ1) is 15.1. The Morgan fingerprint density at radius 1 is 1.19 bits per heavy atom. The normalized spacial score (nSPS) is 11.2. The molecule has 0 saturated heterocycles. The van der Waals surface area contributed by atoms with E-state index >= 15 is 0 Å². The summed E-state index contributed by atoms with van der Waals surface area (Å²) in [6.45, 7) is 0.786. The largest absolute Gasteiger partial charge is 0.380 e. The Kier molecular flexibility index (Phi) is 6.44. The summed E-state index contributed by atoms with van der Waals surface area (Å²) in [6, 6.07) is 17.0. The Bertz CT molecular complexity index is 1190. The molecule has 5 nitrogen and oxygen atoms in total. The van der Waals surface area contributed by atoms with Crippen LogP contribution in [0.25, 0.3) is 21.3 Å². The molecule has 0 radical (unpaired) electrons. The molecule has 0 fully saturated rings. The average Bonchev–Trinajstić information content (AvgIpc) is 3.40. The topological polar surface area (TPSA) is 58.2 Å².